The lowest BCUT2D eigenvalue weighted by atomic mass is 9.99. The summed E-state index contributed by atoms with van der Waals surface area (Å²) in [7, 11) is -9.92. The topological polar surface area (TPSA) is 237 Å². The summed E-state index contributed by atoms with van der Waals surface area (Å²) in [6.45, 7) is 14.3. The molecule has 0 aromatic heterocycles. The van der Waals surface area contributed by atoms with Gasteiger partial charge in [-0.2, -0.15) is 0 Å². The number of ether oxygens (including phenoxy) is 4. The van der Waals surface area contributed by atoms with Gasteiger partial charge in [-0.05, 0) is 49.4 Å². The minimum Gasteiger partial charge on any atom is -0.462 e. The summed E-state index contributed by atoms with van der Waals surface area (Å²) in [4.78, 5) is 73.1. The van der Waals surface area contributed by atoms with E-state index in [1.54, 1.807) is 0 Å². The van der Waals surface area contributed by atoms with Crippen molar-refractivity contribution in [1.82, 2.24) is 0 Å². The third-order valence-corrected chi connectivity index (χ3v) is 21.7. The molecule has 600 valence electrons. The molecule has 0 aliphatic carbocycles. The highest BCUT2D eigenvalue weighted by molar-refractivity contribution is 7.47. The summed E-state index contributed by atoms with van der Waals surface area (Å²) in [5, 5.41) is 10.7. The zero-order chi connectivity index (χ0) is 74.6. The lowest BCUT2D eigenvalue weighted by Gasteiger charge is -2.21. The van der Waals surface area contributed by atoms with E-state index in [1.165, 1.54) is 218 Å². The quantitative estimate of drug-likeness (QED) is 0.0222. The van der Waals surface area contributed by atoms with Crippen molar-refractivity contribution in [1.29, 1.82) is 0 Å². The second-order valence-electron chi connectivity index (χ2n) is 31.0. The highest BCUT2D eigenvalue weighted by Gasteiger charge is 2.30. The molecule has 0 amide bonds. The van der Waals surface area contributed by atoms with Crippen LogP contribution in [-0.2, 0) is 65.4 Å². The lowest BCUT2D eigenvalue weighted by molar-refractivity contribution is -0.161. The van der Waals surface area contributed by atoms with Crippen molar-refractivity contribution in [3.63, 3.8) is 0 Å². The molecule has 17 nitrogen and oxygen atoms in total. The Morgan fingerprint density at radius 1 is 0.277 bits per heavy atom. The first-order valence-electron chi connectivity index (χ1n) is 42.3. The molecule has 0 bridgehead atoms. The number of esters is 4. The molecule has 0 rings (SSSR count). The zero-order valence-electron chi connectivity index (χ0n) is 66.5. The van der Waals surface area contributed by atoms with E-state index in [0.29, 0.717) is 25.7 Å². The maximum Gasteiger partial charge on any atom is 0.472 e. The van der Waals surface area contributed by atoms with Crippen molar-refractivity contribution in [2.24, 2.45) is 23.7 Å². The van der Waals surface area contributed by atoms with Crippen molar-refractivity contribution in [3.05, 3.63) is 0 Å². The Kier molecular flexibility index (Phi) is 69.6. The van der Waals surface area contributed by atoms with Gasteiger partial charge in [0.2, 0.25) is 0 Å². The van der Waals surface area contributed by atoms with Gasteiger partial charge < -0.3 is 33.8 Å². The third kappa shape index (κ3) is 73.4. The summed E-state index contributed by atoms with van der Waals surface area (Å²) < 4.78 is 68.8. The molecular weight excluding hydrogens is 1320 g/mol. The van der Waals surface area contributed by atoms with Crippen molar-refractivity contribution >= 4 is 39.5 Å². The molecule has 19 heteroatoms. The maximum atomic E-state index is 13.1. The van der Waals surface area contributed by atoms with Gasteiger partial charge in [0, 0.05) is 25.7 Å². The first-order valence-corrected chi connectivity index (χ1v) is 45.3. The summed E-state index contributed by atoms with van der Waals surface area (Å²) in [5.41, 5.74) is 0. The first-order chi connectivity index (χ1) is 48.7. The average Bonchev–Trinajstić information content (AvgIpc) is 0.936. The Balaban J connectivity index is 5.25. The molecule has 0 aliphatic heterocycles. The second kappa shape index (κ2) is 71.0. The van der Waals surface area contributed by atoms with Crippen molar-refractivity contribution in [2.45, 2.75) is 440 Å². The van der Waals surface area contributed by atoms with Crippen molar-refractivity contribution < 1.29 is 80.2 Å². The van der Waals surface area contributed by atoms with Crippen LogP contribution in [0.1, 0.15) is 421 Å². The van der Waals surface area contributed by atoms with E-state index < -0.39 is 97.5 Å². The fourth-order valence-electron chi connectivity index (χ4n) is 12.5. The summed E-state index contributed by atoms with van der Waals surface area (Å²) in [6.07, 6.45) is 58.2. The molecule has 3 N–H and O–H groups in total. The van der Waals surface area contributed by atoms with Gasteiger partial charge in [-0.25, -0.2) is 9.13 Å². The fraction of sp³-hybridized carbons (Fsp3) is 0.951. The normalized spacial score (nSPS) is 14.5. The predicted molar refractivity (Wildman–Crippen MR) is 414 cm³/mol. The van der Waals surface area contributed by atoms with Crippen molar-refractivity contribution in [3.8, 4) is 0 Å². The molecule has 7 atom stereocenters. The number of rotatable bonds is 79. The number of phosphoric acid groups is 2. The van der Waals surface area contributed by atoms with Gasteiger partial charge in [0.05, 0.1) is 26.4 Å². The van der Waals surface area contributed by atoms with E-state index in [0.717, 1.165) is 120 Å². The zero-order valence-corrected chi connectivity index (χ0v) is 68.3. The number of unbranched alkanes of at least 4 members (excludes halogenated alkanes) is 43. The molecule has 0 aromatic rings. The van der Waals surface area contributed by atoms with Gasteiger partial charge in [-0.15, -0.1) is 0 Å². The third-order valence-electron chi connectivity index (χ3n) is 19.8. The molecule has 0 fully saturated rings. The van der Waals surface area contributed by atoms with Crippen LogP contribution in [-0.4, -0.2) is 96.7 Å². The van der Waals surface area contributed by atoms with E-state index in [2.05, 4.69) is 55.4 Å². The van der Waals surface area contributed by atoms with Gasteiger partial charge in [0.25, 0.3) is 0 Å². The molecule has 0 aromatic carbocycles. The van der Waals surface area contributed by atoms with Crippen LogP contribution in [0.15, 0.2) is 0 Å². The summed E-state index contributed by atoms with van der Waals surface area (Å²) >= 11 is 0. The van der Waals surface area contributed by atoms with E-state index in [4.69, 9.17) is 37.0 Å². The summed E-state index contributed by atoms with van der Waals surface area (Å²) in [5.74, 6) is 1.05. The van der Waals surface area contributed by atoms with Crippen molar-refractivity contribution in [2.75, 3.05) is 39.6 Å². The number of carbonyl (C=O) groups excluding carboxylic acids is 4. The van der Waals surface area contributed by atoms with Crippen LogP contribution in [0.25, 0.3) is 0 Å². The monoisotopic (exact) mass is 1480 g/mol. The number of aliphatic hydroxyl groups excluding tert-OH is 1. The minimum atomic E-state index is -4.96. The molecule has 0 radical (unpaired) electrons. The van der Waals surface area contributed by atoms with Crippen LogP contribution in [0.5, 0.6) is 0 Å². The van der Waals surface area contributed by atoms with Gasteiger partial charge in [0.15, 0.2) is 12.2 Å². The maximum absolute atomic E-state index is 13.1. The molecule has 0 saturated heterocycles. The molecule has 0 aliphatic rings. The molecular formula is C82H160O17P2. The van der Waals surface area contributed by atoms with E-state index in [9.17, 15) is 43.2 Å². The Bertz CT molecular complexity index is 1980. The standard InChI is InChI=1S/C82H160O17P2/c1-9-74(7)60-52-44-36-30-24-18-12-14-19-25-31-37-46-54-62-79(84)92-68-77(98-81(86)65-57-49-39-33-27-21-15-17-23-29-35-43-51-59-73(5)6)70-96-100(88,89)94-66-76(83)67-95-101(90,91)97-71-78(69-93-80(85)63-55-47-41-40-45-53-61-75(8)10-2)99-82(87)64-56-48-38-32-26-20-13-11-16-22-28-34-42-50-58-72(3)4/h72-78,83H,9-71H2,1-8H3,(H,88,89)(H,90,91)/t74?,75?,76-,77-,78-/m1/s1. The SMILES string of the molecule is CCC(C)CCCCCCCCCCCCCCCCC(=O)OC[C@H](COP(=O)(O)OC[C@@H](O)COP(=O)(O)OC[C@@H](COC(=O)CCCCCCCCC(C)CC)OC(=O)CCCCCCCCCCCCCCCCC(C)C)OC(=O)CCCCCCCCCCCCCCCC(C)C. The second-order valence-corrected chi connectivity index (χ2v) is 33.9. The number of hydrogen-bond donors (Lipinski definition) is 3. The number of phosphoric ester groups is 2. The first kappa shape index (κ1) is 99.1. The Labute approximate surface area is 619 Å². The van der Waals surface area contributed by atoms with Crippen LogP contribution < -0.4 is 0 Å². The van der Waals surface area contributed by atoms with Gasteiger partial charge in [-0.1, -0.05) is 370 Å². The molecule has 0 heterocycles. The van der Waals surface area contributed by atoms with Crippen LogP contribution in [0, 0.1) is 23.7 Å². The molecule has 4 unspecified atom stereocenters. The minimum absolute atomic E-state index is 0.106. The molecule has 101 heavy (non-hydrogen) atoms. The van der Waals surface area contributed by atoms with Crippen LogP contribution in [0.2, 0.25) is 0 Å². The predicted octanol–water partition coefficient (Wildman–Crippen LogP) is 24.4. The summed E-state index contributed by atoms with van der Waals surface area (Å²) in [6, 6.07) is 0. The Morgan fingerprint density at radius 3 is 0.703 bits per heavy atom. The number of hydrogen-bond acceptors (Lipinski definition) is 15. The van der Waals surface area contributed by atoms with E-state index >= 15 is 0 Å². The molecule has 0 spiro atoms. The molecule has 0 saturated carbocycles. The largest absolute Gasteiger partial charge is 0.472 e. The number of carbonyl (C=O) groups is 4. The van der Waals surface area contributed by atoms with Crippen LogP contribution >= 0.6 is 15.6 Å². The lowest BCUT2D eigenvalue weighted by Crippen LogP contribution is -2.30. The van der Waals surface area contributed by atoms with E-state index in [1.807, 2.05) is 0 Å². The highest BCUT2D eigenvalue weighted by atomic mass is 31.2. The van der Waals surface area contributed by atoms with Crippen LogP contribution in [0.4, 0.5) is 0 Å². The Morgan fingerprint density at radius 2 is 0.475 bits per heavy atom. The van der Waals surface area contributed by atoms with Crippen LogP contribution in [0.3, 0.4) is 0 Å². The highest BCUT2D eigenvalue weighted by Crippen LogP contribution is 2.45. The average molecular weight is 1480 g/mol. The Hall–Kier alpha value is -1.94. The fourth-order valence-corrected chi connectivity index (χ4v) is 14.1. The van der Waals surface area contributed by atoms with Gasteiger partial charge in [-0.3, -0.25) is 37.3 Å². The smallest absolute Gasteiger partial charge is 0.462 e. The number of aliphatic hydroxyl groups is 1. The van der Waals surface area contributed by atoms with E-state index in [-0.39, 0.29) is 25.7 Å². The van der Waals surface area contributed by atoms with Gasteiger partial charge in [0.1, 0.15) is 19.3 Å². The van der Waals surface area contributed by atoms with Gasteiger partial charge >= 0.3 is 39.5 Å².